The Balaban J connectivity index is 1.69. The maximum absolute atomic E-state index is 13.1. The first kappa shape index (κ1) is 18.4. The SMILES string of the molecule is O=C(Nc1cc(-c2ccccc2)nn1C1CCS(=O)(=O)C1)c1ccc(F)cc1. The van der Waals surface area contributed by atoms with E-state index in [4.69, 9.17) is 0 Å². The second kappa shape index (κ2) is 7.20. The molecule has 1 amide bonds. The molecule has 1 fully saturated rings. The Labute approximate surface area is 161 Å². The summed E-state index contributed by atoms with van der Waals surface area (Å²) in [6, 6.07) is 16.0. The van der Waals surface area contributed by atoms with Crippen LogP contribution >= 0.6 is 0 Å². The van der Waals surface area contributed by atoms with E-state index in [0.717, 1.165) is 5.56 Å². The molecule has 0 saturated carbocycles. The molecule has 2 heterocycles. The molecule has 0 radical (unpaired) electrons. The van der Waals surface area contributed by atoms with Crippen molar-refractivity contribution in [2.75, 3.05) is 16.8 Å². The minimum absolute atomic E-state index is 0.0116. The van der Waals surface area contributed by atoms with Crippen LogP contribution in [0.1, 0.15) is 22.8 Å². The van der Waals surface area contributed by atoms with Gasteiger partial charge in [0.05, 0.1) is 23.2 Å². The summed E-state index contributed by atoms with van der Waals surface area (Å²) >= 11 is 0. The molecule has 0 aliphatic carbocycles. The molecule has 144 valence electrons. The maximum Gasteiger partial charge on any atom is 0.256 e. The molecule has 1 aliphatic heterocycles. The van der Waals surface area contributed by atoms with Gasteiger partial charge in [-0.2, -0.15) is 5.10 Å². The van der Waals surface area contributed by atoms with Crippen molar-refractivity contribution >= 4 is 21.6 Å². The second-order valence-electron chi connectivity index (χ2n) is 6.74. The first-order valence-electron chi connectivity index (χ1n) is 8.84. The van der Waals surface area contributed by atoms with Crippen LogP contribution in [0.4, 0.5) is 10.2 Å². The Morgan fingerprint density at radius 3 is 2.46 bits per heavy atom. The lowest BCUT2D eigenvalue weighted by atomic mass is 10.1. The van der Waals surface area contributed by atoms with Crippen LogP contribution in [-0.4, -0.2) is 35.6 Å². The first-order chi connectivity index (χ1) is 13.4. The summed E-state index contributed by atoms with van der Waals surface area (Å²) in [7, 11) is -3.12. The van der Waals surface area contributed by atoms with Crippen LogP contribution in [0.25, 0.3) is 11.3 Å². The highest BCUT2D eigenvalue weighted by Crippen LogP contribution is 2.30. The monoisotopic (exact) mass is 399 g/mol. The van der Waals surface area contributed by atoms with E-state index in [2.05, 4.69) is 10.4 Å². The Morgan fingerprint density at radius 1 is 1.11 bits per heavy atom. The summed E-state index contributed by atoms with van der Waals surface area (Å²) in [6.45, 7) is 0. The van der Waals surface area contributed by atoms with E-state index in [-0.39, 0.29) is 17.5 Å². The van der Waals surface area contributed by atoms with Gasteiger partial charge in [-0.3, -0.25) is 4.79 Å². The highest BCUT2D eigenvalue weighted by molar-refractivity contribution is 7.91. The number of hydrogen-bond donors (Lipinski definition) is 1. The van der Waals surface area contributed by atoms with Gasteiger partial charge in [-0.25, -0.2) is 17.5 Å². The number of rotatable bonds is 4. The van der Waals surface area contributed by atoms with E-state index >= 15 is 0 Å². The molecule has 1 aromatic heterocycles. The maximum atomic E-state index is 13.1. The van der Waals surface area contributed by atoms with Gasteiger partial charge in [0.25, 0.3) is 5.91 Å². The van der Waals surface area contributed by atoms with Crippen LogP contribution in [0, 0.1) is 5.82 Å². The molecule has 0 bridgehead atoms. The lowest BCUT2D eigenvalue weighted by Crippen LogP contribution is -2.19. The van der Waals surface area contributed by atoms with E-state index in [1.165, 1.54) is 24.3 Å². The lowest BCUT2D eigenvalue weighted by molar-refractivity contribution is 0.102. The molecule has 1 unspecified atom stereocenters. The molecule has 6 nitrogen and oxygen atoms in total. The average molecular weight is 399 g/mol. The summed E-state index contributed by atoms with van der Waals surface area (Å²) in [5, 5.41) is 7.35. The smallest absolute Gasteiger partial charge is 0.256 e. The summed E-state index contributed by atoms with van der Waals surface area (Å²) < 4.78 is 38.5. The number of halogens is 1. The quantitative estimate of drug-likeness (QED) is 0.730. The van der Waals surface area contributed by atoms with Gasteiger partial charge in [0.1, 0.15) is 11.6 Å². The minimum atomic E-state index is -3.12. The van der Waals surface area contributed by atoms with E-state index in [1.54, 1.807) is 10.7 Å². The molecule has 8 heteroatoms. The zero-order valence-corrected chi connectivity index (χ0v) is 15.7. The number of carbonyl (C=O) groups is 1. The molecule has 1 aliphatic rings. The van der Waals surface area contributed by atoms with E-state index < -0.39 is 21.6 Å². The predicted molar refractivity (Wildman–Crippen MR) is 104 cm³/mol. The number of nitrogens with zero attached hydrogens (tertiary/aromatic N) is 2. The van der Waals surface area contributed by atoms with Gasteiger partial charge in [0, 0.05) is 17.2 Å². The molecule has 4 rings (SSSR count). The highest BCUT2D eigenvalue weighted by Gasteiger charge is 2.31. The number of amides is 1. The number of benzene rings is 2. The Hall–Kier alpha value is -3.00. The van der Waals surface area contributed by atoms with Crippen molar-refractivity contribution in [1.29, 1.82) is 0 Å². The zero-order chi connectivity index (χ0) is 19.7. The fourth-order valence-corrected chi connectivity index (χ4v) is 4.97. The Morgan fingerprint density at radius 2 is 1.82 bits per heavy atom. The third-order valence-electron chi connectivity index (χ3n) is 4.71. The summed E-state index contributed by atoms with van der Waals surface area (Å²) in [5.41, 5.74) is 1.80. The number of aromatic nitrogens is 2. The van der Waals surface area contributed by atoms with Crippen LogP contribution in [0.5, 0.6) is 0 Å². The van der Waals surface area contributed by atoms with Crippen LogP contribution in [0.3, 0.4) is 0 Å². The second-order valence-corrected chi connectivity index (χ2v) is 8.97. The van der Waals surface area contributed by atoms with Gasteiger partial charge in [-0.05, 0) is 30.7 Å². The van der Waals surface area contributed by atoms with Crippen LogP contribution in [-0.2, 0) is 9.84 Å². The van der Waals surface area contributed by atoms with Gasteiger partial charge >= 0.3 is 0 Å². The molecule has 0 spiro atoms. The van der Waals surface area contributed by atoms with Gasteiger partial charge in [-0.15, -0.1) is 0 Å². The first-order valence-corrected chi connectivity index (χ1v) is 10.7. The van der Waals surface area contributed by atoms with Gasteiger partial charge in [0.2, 0.25) is 0 Å². The third-order valence-corrected chi connectivity index (χ3v) is 6.46. The van der Waals surface area contributed by atoms with E-state index in [1.807, 2.05) is 30.3 Å². The zero-order valence-electron chi connectivity index (χ0n) is 14.9. The summed E-state index contributed by atoms with van der Waals surface area (Å²) in [4.78, 5) is 12.6. The number of hydrogen-bond acceptors (Lipinski definition) is 4. The molecule has 28 heavy (non-hydrogen) atoms. The summed E-state index contributed by atoms with van der Waals surface area (Å²) in [6.07, 6.45) is 0.442. The number of anilines is 1. The number of carbonyl (C=O) groups excluding carboxylic acids is 1. The van der Waals surface area contributed by atoms with Crippen molar-refractivity contribution in [1.82, 2.24) is 9.78 Å². The predicted octanol–water partition coefficient (Wildman–Crippen LogP) is 3.30. The van der Waals surface area contributed by atoms with Gasteiger partial charge in [0.15, 0.2) is 9.84 Å². The van der Waals surface area contributed by atoms with Crippen molar-refractivity contribution in [2.24, 2.45) is 0 Å². The number of sulfone groups is 1. The van der Waals surface area contributed by atoms with E-state index in [0.29, 0.717) is 23.5 Å². The fourth-order valence-electron chi connectivity index (χ4n) is 3.27. The largest absolute Gasteiger partial charge is 0.307 e. The van der Waals surface area contributed by atoms with Crippen LogP contribution < -0.4 is 5.32 Å². The fraction of sp³-hybridized carbons (Fsp3) is 0.200. The standard InChI is InChI=1S/C20H18FN3O3S/c21-16-8-6-15(7-9-16)20(25)22-19-12-18(14-4-2-1-3-5-14)23-24(19)17-10-11-28(26,27)13-17/h1-9,12,17H,10-11,13H2,(H,22,25). The summed E-state index contributed by atoms with van der Waals surface area (Å²) in [5.74, 6) is -0.340. The van der Waals surface area contributed by atoms with Crippen molar-refractivity contribution in [3.05, 3.63) is 72.0 Å². The Bertz CT molecular complexity index is 1110. The van der Waals surface area contributed by atoms with Crippen molar-refractivity contribution in [2.45, 2.75) is 12.5 Å². The Kier molecular flexibility index (Phi) is 4.72. The van der Waals surface area contributed by atoms with E-state index in [9.17, 15) is 17.6 Å². The van der Waals surface area contributed by atoms with Crippen molar-refractivity contribution in [3.63, 3.8) is 0 Å². The van der Waals surface area contributed by atoms with Crippen LogP contribution in [0.15, 0.2) is 60.7 Å². The molecule has 1 N–H and O–H groups in total. The highest BCUT2D eigenvalue weighted by atomic mass is 32.2. The molecule has 1 atom stereocenters. The molecular formula is C20H18FN3O3S. The minimum Gasteiger partial charge on any atom is -0.307 e. The topological polar surface area (TPSA) is 81.1 Å². The lowest BCUT2D eigenvalue weighted by Gasteiger charge is -2.13. The van der Waals surface area contributed by atoms with Crippen molar-refractivity contribution in [3.8, 4) is 11.3 Å². The van der Waals surface area contributed by atoms with Gasteiger partial charge in [-0.1, -0.05) is 30.3 Å². The van der Waals surface area contributed by atoms with Gasteiger partial charge < -0.3 is 5.32 Å². The average Bonchev–Trinajstić information content (AvgIpc) is 3.26. The molecule has 1 saturated heterocycles. The van der Waals surface area contributed by atoms with Crippen LogP contribution in [0.2, 0.25) is 0 Å². The molecular weight excluding hydrogens is 381 g/mol. The molecule has 3 aromatic rings. The third kappa shape index (κ3) is 3.82. The normalized spacial score (nSPS) is 18.1. The van der Waals surface area contributed by atoms with Crippen molar-refractivity contribution < 1.29 is 17.6 Å². The number of nitrogens with one attached hydrogen (secondary N) is 1. The molecule has 2 aromatic carbocycles.